The first-order valence-electron chi connectivity index (χ1n) is 12.2. The maximum atomic E-state index is 13.5. The van der Waals surface area contributed by atoms with Crippen LogP contribution < -0.4 is 10.9 Å². The highest BCUT2D eigenvalue weighted by molar-refractivity contribution is 5.97. The minimum absolute atomic E-state index is 0.0346. The molecule has 4 rings (SSSR count). The van der Waals surface area contributed by atoms with E-state index in [1.165, 1.54) is 12.4 Å². The molecule has 10 heteroatoms. The van der Waals surface area contributed by atoms with Crippen LogP contribution in [0.15, 0.2) is 66.0 Å². The summed E-state index contributed by atoms with van der Waals surface area (Å²) in [5, 5.41) is 3.33. The number of hydrogen-bond donors (Lipinski definition) is 1. The molecule has 0 aliphatic carbocycles. The van der Waals surface area contributed by atoms with Crippen molar-refractivity contribution in [3.05, 3.63) is 105 Å². The highest BCUT2D eigenvalue weighted by atomic mass is 19.2. The van der Waals surface area contributed by atoms with Crippen LogP contribution >= 0.6 is 0 Å². The van der Waals surface area contributed by atoms with E-state index >= 15 is 0 Å². The normalized spacial score (nSPS) is 10.6. The Morgan fingerprint density at radius 2 is 1.82 bits per heavy atom. The summed E-state index contributed by atoms with van der Waals surface area (Å²) < 4.78 is 27.8. The number of amides is 2. The van der Waals surface area contributed by atoms with Gasteiger partial charge in [-0.1, -0.05) is 17.9 Å². The molecule has 0 atom stereocenters. The van der Waals surface area contributed by atoms with Crippen molar-refractivity contribution in [3.8, 4) is 11.8 Å². The molecule has 0 aliphatic rings. The average molecular weight is 530 g/mol. The number of carbonyl (C=O) groups excluding carboxylic acids is 2. The third-order valence-electron chi connectivity index (χ3n) is 6.03. The smallest absolute Gasteiger partial charge is 0.266 e. The first kappa shape index (κ1) is 27.1. The second-order valence-corrected chi connectivity index (χ2v) is 8.58. The largest absolute Gasteiger partial charge is 0.341 e. The number of benzene rings is 2. The predicted octanol–water partition coefficient (Wildman–Crippen LogP) is 3.38. The topological polar surface area (TPSA) is 97.2 Å². The zero-order valence-electron chi connectivity index (χ0n) is 21.4. The van der Waals surface area contributed by atoms with Crippen molar-refractivity contribution < 1.29 is 18.4 Å². The Balaban J connectivity index is 1.43. The Bertz CT molecular complexity index is 1670. The molecular weight excluding hydrogens is 504 g/mol. The van der Waals surface area contributed by atoms with Crippen molar-refractivity contribution in [1.29, 1.82) is 0 Å². The Labute approximate surface area is 223 Å². The van der Waals surface area contributed by atoms with Gasteiger partial charge in [-0.05, 0) is 55.8 Å². The summed E-state index contributed by atoms with van der Waals surface area (Å²) in [6.07, 6.45) is 3.92. The molecule has 0 saturated carbocycles. The zero-order chi connectivity index (χ0) is 27.9. The van der Waals surface area contributed by atoms with Gasteiger partial charge >= 0.3 is 0 Å². The Kier molecular flexibility index (Phi) is 8.41. The highest BCUT2D eigenvalue weighted by Crippen LogP contribution is 2.16. The molecule has 0 saturated heterocycles. The molecule has 2 amide bonds. The van der Waals surface area contributed by atoms with Gasteiger partial charge in [0.1, 0.15) is 5.56 Å². The number of nitrogens with one attached hydrogen (secondary N) is 1. The van der Waals surface area contributed by atoms with E-state index in [-0.39, 0.29) is 24.6 Å². The first-order chi connectivity index (χ1) is 18.8. The predicted molar refractivity (Wildman–Crippen MR) is 142 cm³/mol. The van der Waals surface area contributed by atoms with Crippen molar-refractivity contribution in [2.24, 2.45) is 0 Å². The number of rotatable bonds is 7. The summed E-state index contributed by atoms with van der Waals surface area (Å²) in [5.74, 6) is 3.02. The molecule has 2 aromatic carbocycles. The SMILES string of the molecule is CCN(CC)C(=O)c1cnc2ccc(C#CCNC(=O)c3cncn(Cc4ccc(F)c(F)c4)c3=O)cc2c1. The minimum Gasteiger partial charge on any atom is -0.341 e. The van der Waals surface area contributed by atoms with Crippen molar-refractivity contribution in [1.82, 2.24) is 24.8 Å². The summed E-state index contributed by atoms with van der Waals surface area (Å²) >= 11 is 0. The highest BCUT2D eigenvalue weighted by Gasteiger charge is 2.14. The summed E-state index contributed by atoms with van der Waals surface area (Å²) in [6, 6.07) is 10.5. The molecule has 4 aromatic rings. The van der Waals surface area contributed by atoms with Crippen LogP contribution in [0.5, 0.6) is 0 Å². The second-order valence-electron chi connectivity index (χ2n) is 8.58. The van der Waals surface area contributed by atoms with Gasteiger partial charge in [0.25, 0.3) is 17.4 Å². The van der Waals surface area contributed by atoms with Gasteiger partial charge in [-0.15, -0.1) is 0 Å². The number of fused-ring (bicyclic) bond motifs is 1. The first-order valence-corrected chi connectivity index (χ1v) is 12.2. The summed E-state index contributed by atoms with van der Waals surface area (Å²) in [7, 11) is 0. The van der Waals surface area contributed by atoms with Gasteiger partial charge < -0.3 is 10.2 Å². The lowest BCUT2D eigenvalue weighted by Gasteiger charge is -2.18. The summed E-state index contributed by atoms with van der Waals surface area (Å²) in [5.41, 5.74) is 1.40. The Hall–Kier alpha value is -4.91. The third-order valence-corrected chi connectivity index (χ3v) is 6.03. The standard InChI is InChI=1S/C29H25F2N5O3/c1-3-35(4-2)28(38)22-14-21-12-19(8-10-26(21)34-15-22)6-5-11-33-27(37)23-16-32-18-36(29(23)39)17-20-7-9-24(30)25(31)13-20/h7-10,12-16,18H,3-4,11,17H2,1-2H3,(H,33,37). The van der Waals surface area contributed by atoms with E-state index in [9.17, 15) is 23.2 Å². The van der Waals surface area contributed by atoms with Crippen LogP contribution in [-0.4, -0.2) is 50.9 Å². The molecule has 0 spiro atoms. The second kappa shape index (κ2) is 12.1. The van der Waals surface area contributed by atoms with Crippen LogP contribution in [0.1, 0.15) is 45.7 Å². The van der Waals surface area contributed by atoms with Crippen LogP contribution in [0.2, 0.25) is 0 Å². The van der Waals surface area contributed by atoms with Crippen LogP contribution in [-0.2, 0) is 6.54 Å². The van der Waals surface area contributed by atoms with Crippen LogP contribution in [0.3, 0.4) is 0 Å². The van der Waals surface area contributed by atoms with Crippen LogP contribution in [0, 0.1) is 23.5 Å². The lowest BCUT2D eigenvalue weighted by Crippen LogP contribution is -2.33. The molecule has 198 valence electrons. The number of carbonyl (C=O) groups is 2. The molecule has 0 radical (unpaired) electrons. The summed E-state index contributed by atoms with van der Waals surface area (Å²) in [6.45, 7) is 4.93. The van der Waals surface area contributed by atoms with Gasteiger partial charge in [-0.2, -0.15) is 0 Å². The molecule has 8 nitrogen and oxygen atoms in total. The number of halogens is 2. The molecule has 0 aliphatic heterocycles. The molecule has 0 bridgehead atoms. The van der Waals surface area contributed by atoms with E-state index in [2.05, 4.69) is 27.1 Å². The quantitative estimate of drug-likeness (QED) is 0.370. The lowest BCUT2D eigenvalue weighted by atomic mass is 10.1. The van der Waals surface area contributed by atoms with E-state index in [0.717, 1.165) is 33.8 Å². The van der Waals surface area contributed by atoms with E-state index < -0.39 is 23.1 Å². The molecule has 0 unspecified atom stereocenters. The molecule has 2 aromatic heterocycles. The van der Waals surface area contributed by atoms with Crippen molar-refractivity contribution in [2.75, 3.05) is 19.6 Å². The number of hydrogen-bond acceptors (Lipinski definition) is 5. The molecule has 2 heterocycles. The monoisotopic (exact) mass is 529 g/mol. The van der Waals surface area contributed by atoms with E-state index in [4.69, 9.17) is 0 Å². The van der Waals surface area contributed by atoms with Gasteiger partial charge in [0.2, 0.25) is 0 Å². The van der Waals surface area contributed by atoms with Gasteiger partial charge in [0, 0.05) is 36.4 Å². The van der Waals surface area contributed by atoms with Gasteiger partial charge in [0.05, 0.1) is 30.5 Å². The van der Waals surface area contributed by atoms with E-state index in [1.54, 1.807) is 29.3 Å². The zero-order valence-corrected chi connectivity index (χ0v) is 21.4. The van der Waals surface area contributed by atoms with Crippen molar-refractivity contribution in [3.63, 3.8) is 0 Å². The Morgan fingerprint density at radius 3 is 2.56 bits per heavy atom. The van der Waals surface area contributed by atoms with Crippen molar-refractivity contribution >= 4 is 22.7 Å². The van der Waals surface area contributed by atoms with Crippen molar-refractivity contribution in [2.45, 2.75) is 20.4 Å². The van der Waals surface area contributed by atoms with Crippen LogP contribution in [0.4, 0.5) is 8.78 Å². The third kappa shape index (κ3) is 6.33. The van der Waals surface area contributed by atoms with E-state index in [1.807, 2.05) is 19.9 Å². The molecule has 0 fully saturated rings. The lowest BCUT2D eigenvalue weighted by molar-refractivity contribution is 0.0772. The maximum absolute atomic E-state index is 13.5. The molecular formula is C29H25F2N5O3. The fraction of sp³-hybridized carbons (Fsp3) is 0.207. The van der Waals surface area contributed by atoms with Crippen LogP contribution in [0.25, 0.3) is 10.9 Å². The minimum atomic E-state index is -1.03. The van der Waals surface area contributed by atoms with Gasteiger partial charge in [-0.3, -0.25) is 23.9 Å². The Morgan fingerprint density at radius 1 is 1.03 bits per heavy atom. The van der Waals surface area contributed by atoms with E-state index in [0.29, 0.717) is 29.8 Å². The number of nitrogens with zero attached hydrogens (tertiary/aromatic N) is 4. The maximum Gasteiger partial charge on any atom is 0.266 e. The molecule has 39 heavy (non-hydrogen) atoms. The average Bonchev–Trinajstić information content (AvgIpc) is 2.94. The number of aromatic nitrogens is 3. The number of pyridine rings is 1. The van der Waals surface area contributed by atoms with Gasteiger partial charge in [0.15, 0.2) is 11.6 Å². The summed E-state index contributed by atoms with van der Waals surface area (Å²) in [4.78, 5) is 48.0. The molecule has 1 N–H and O–H groups in total. The van der Waals surface area contributed by atoms with Gasteiger partial charge in [-0.25, -0.2) is 13.8 Å². The fourth-order valence-electron chi connectivity index (χ4n) is 3.94. The fourth-order valence-corrected chi connectivity index (χ4v) is 3.94.